The quantitative estimate of drug-likeness (QED) is 0.481. The van der Waals surface area contributed by atoms with Gasteiger partial charge in [-0.2, -0.15) is 0 Å². The molecule has 3 fully saturated rings. The summed E-state index contributed by atoms with van der Waals surface area (Å²) in [5.41, 5.74) is 4.44. The van der Waals surface area contributed by atoms with Crippen molar-refractivity contribution in [3.63, 3.8) is 0 Å². The fourth-order valence-electron chi connectivity index (χ4n) is 6.47. The van der Waals surface area contributed by atoms with Gasteiger partial charge in [0.1, 0.15) is 0 Å². The van der Waals surface area contributed by atoms with Crippen LogP contribution in [-0.4, -0.2) is 0 Å². The summed E-state index contributed by atoms with van der Waals surface area (Å²) in [7, 11) is 0. The van der Waals surface area contributed by atoms with Crippen LogP contribution in [0.1, 0.15) is 71.6 Å². The maximum Gasteiger partial charge on any atom is -0.00505 e. The normalized spacial score (nSPS) is 51.0. The molecule has 0 aliphatic heterocycles. The Morgan fingerprint density at radius 2 is 1.90 bits per heavy atom. The molecule has 0 heteroatoms. The molecule has 0 amide bonds. The Bertz CT molecular complexity index is 470. The second-order valence-corrected chi connectivity index (χ2v) is 8.57. The second-order valence-electron chi connectivity index (χ2n) is 8.57. The van der Waals surface area contributed by atoms with E-state index in [1.54, 1.807) is 5.57 Å². The maximum absolute atomic E-state index is 4.42. The summed E-state index contributed by atoms with van der Waals surface area (Å²) in [5.74, 6) is 2.80. The highest BCUT2D eigenvalue weighted by molar-refractivity contribution is 5.33. The first-order valence-corrected chi connectivity index (χ1v) is 8.94. The molecule has 0 aromatic carbocycles. The molecule has 0 N–H and O–H groups in total. The van der Waals surface area contributed by atoms with E-state index < -0.39 is 0 Å². The van der Waals surface area contributed by atoms with Crippen LogP contribution in [0.3, 0.4) is 0 Å². The molecule has 0 aromatic rings. The van der Waals surface area contributed by atoms with E-state index in [2.05, 4.69) is 26.5 Å². The van der Waals surface area contributed by atoms with Crippen LogP contribution in [0, 0.1) is 28.6 Å². The van der Waals surface area contributed by atoms with Gasteiger partial charge < -0.3 is 0 Å². The van der Waals surface area contributed by atoms with Crippen LogP contribution in [0.5, 0.6) is 0 Å². The van der Waals surface area contributed by atoms with Crippen LogP contribution in [0.25, 0.3) is 0 Å². The predicted molar refractivity (Wildman–Crippen MR) is 85.5 cm³/mol. The largest absolute Gasteiger partial charge is 0.0993 e. The van der Waals surface area contributed by atoms with E-state index in [-0.39, 0.29) is 0 Å². The maximum atomic E-state index is 4.42. The topological polar surface area (TPSA) is 0 Å². The van der Waals surface area contributed by atoms with Gasteiger partial charge in [-0.05, 0) is 73.5 Å². The zero-order valence-corrected chi connectivity index (χ0v) is 13.4. The van der Waals surface area contributed by atoms with Gasteiger partial charge in [-0.1, -0.05) is 50.5 Å². The molecule has 4 rings (SSSR count). The van der Waals surface area contributed by atoms with Crippen LogP contribution >= 0.6 is 0 Å². The zero-order valence-electron chi connectivity index (χ0n) is 13.4. The molecule has 3 saturated carbocycles. The summed E-state index contributed by atoms with van der Waals surface area (Å²) < 4.78 is 0. The zero-order chi connectivity index (χ0) is 14.0. The van der Waals surface area contributed by atoms with Gasteiger partial charge in [0, 0.05) is 0 Å². The van der Waals surface area contributed by atoms with Crippen LogP contribution in [0.2, 0.25) is 0 Å². The molecule has 4 aliphatic carbocycles. The van der Waals surface area contributed by atoms with Crippen molar-refractivity contribution < 1.29 is 0 Å². The molecule has 0 aromatic heterocycles. The summed E-state index contributed by atoms with van der Waals surface area (Å²) in [6, 6.07) is 0. The van der Waals surface area contributed by atoms with E-state index in [1.165, 1.54) is 57.8 Å². The third kappa shape index (κ3) is 1.54. The van der Waals surface area contributed by atoms with Gasteiger partial charge in [-0.3, -0.25) is 0 Å². The van der Waals surface area contributed by atoms with Crippen LogP contribution in [-0.2, 0) is 0 Å². The number of hydrogen-bond donors (Lipinski definition) is 0. The van der Waals surface area contributed by atoms with Crippen LogP contribution in [0.4, 0.5) is 0 Å². The fourth-order valence-corrected chi connectivity index (χ4v) is 6.47. The first-order chi connectivity index (χ1) is 9.56. The standard InChI is InChI=1S/C20H30/c1-14-7-10-17-16-9-8-15-6-4-5-12-20(15,3)18(16)11-13-19(14,17)2/h11,15-17H,1,4-10,12-13H2,2-3H3. The van der Waals surface area contributed by atoms with Gasteiger partial charge in [-0.15, -0.1) is 0 Å². The van der Waals surface area contributed by atoms with Crippen LogP contribution in [0.15, 0.2) is 23.8 Å². The van der Waals surface area contributed by atoms with Crippen LogP contribution < -0.4 is 0 Å². The summed E-state index contributed by atoms with van der Waals surface area (Å²) in [6.07, 6.45) is 15.6. The minimum absolute atomic E-state index is 0.437. The first kappa shape index (κ1) is 13.2. The molecule has 0 radical (unpaired) electrons. The molecule has 0 heterocycles. The molecule has 0 nitrogen and oxygen atoms in total. The van der Waals surface area contributed by atoms with Gasteiger partial charge in [0.15, 0.2) is 0 Å². The highest BCUT2D eigenvalue weighted by atomic mass is 14.6. The second kappa shape index (κ2) is 4.24. The Balaban J connectivity index is 1.74. The van der Waals surface area contributed by atoms with Gasteiger partial charge >= 0.3 is 0 Å². The van der Waals surface area contributed by atoms with E-state index in [4.69, 9.17) is 0 Å². The Labute approximate surface area is 124 Å². The molecule has 0 bridgehead atoms. The lowest BCUT2D eigenvalue weighted by atomic mass is 9.49. The highest BCUT2D eigenvalue weighted by Gasteiger charge is 2.54. The van der Waals surface area contributed by atoms with E-state index in [0.717, 1.165) is 17.8 Å². The Hall–Kier alpha value is -0.520. The minimum atomic E-state index is 0.437. The predicted octanol–water partition coefficient (Wildman–Crippen LogP) is 5.90. The molecule has 110 valence electrons. The monoisotopic (exact) mass is 270 g/mol. The van der Waals surface area contributed by atoms with Crippen molar-refractivity contribution in [3.05, 3.63) is 23.8 Å². The van der Waals surface area contributed by atoms with Crippen molar-refractivity contribution in [1.29, 1.82) is 0 Å². The lowest BCUT2D eigenvalue weighted by molar-refractivity contribution is 0.0512. The molecular weight excluding hydrogens is 240 g/mol. The van der Waals surface area contributed by atoms with E-state index in [0.29, 0.717) is 10.8 Å². The third-order valence-electron chi connectivity index (χ3n) is 7.90. The van der Waals surface area contributed by atoms with Crippen molar-refractivity contribution in [1.82, 2.24) is 0 Å². The lowest BCUT2D eigenvalue weighted by Crippen LogP contribution is -2.45. The molecule has 20 heavy (non-hydrogen) atoms. The number of fused-ring (bicyclic) bond motifs is 5. The van der Waals surface area contributed by atoms with Gasteiger partial charge in [0.05, 0.1) is 0 Å². The average molecular weight is 270 g/mol. The lowest BCUT2D eigenvalue weighted by Gasteiger charge is -2.55. The average Bonchev–Trinajstić information content (AvgIpc) is 2.74. The summed E-state index contributed by atoms with van der Waals surface area (Å²) >= 11 is 0. The third-order valence-corrected chi connectivity index (χ3v) is 7.90. The highest BCUT2D eigenvalue weighted by Crippen LogP contribution is 2.64. The molecular formula is C20H30. The smallest absolute Gasteiger partial charge is 0.00505 e. The van der Waals surface area contributed by atoms with Crippen molar-refractivity contribution in [2.24, 2.45) is 28.6 Å². The van der Waals surface area contributed by atoms with Crippen molar-refractivity contribution >= 4 is 0 Å². The number of hydrogen-bond acceptors (Lipinski definition) is 0. The Morgan fingerprint density at radius 3 is 2.75 bits per heavy atom. The summed E-state index contributed by atoms with van der Waals surface area (Å²) in [6.45, 7) is 9.54. The van der Waals surface area contributed by atoms with E-state index >= 15 is 0 Å². The molecule has 0 saturated heterocycles. The summed E-state index contributed by atoms with van der Waals surface area (Å²) in [4.78, 5) is 0. The first-order valence-electron chi connectivity index (χ1n) is 8.94. The Kier molecular flexibility index (Phi) is 2.79. The van der Waals surface area contributed by atoms with E-state index in [1.807, 2.05) is 5.57 Å². The molecule has 4 aliphatic rings. The molecule has 5 atom stereocenters. The molecule has 5 unspecified atom stereocenters. The fraction of sp³-hybridized carbons (Fsp3) is 0.800. The van der Waals surface area contributed by atoms with Crippen molar-refractivity contribution in [3.8, 4) is 0 Å². The van der Waals surface area contributed by atoms with Gasteiger partial charge in [0.2, 0.25) is 0 Å². The van der Waals surface area contributed by atoms with E-state index in [9.17, 15) is 0 Å². The van der Waals surface area contributed by atoms with Crippen molar-refractivity contribution in [2.45, 2.75) is 71.6 Å². The van der Waals surface area contributed by atoms with Crippen molar-refractivity contribution in [2.75, 3.05) is 0 Å². The SMILES string of the molecule is C=C1CCC2C3CCC4CCCCC4(C)C3=CCC12C. The van der Waals surface area contributed by atoms with Gasteiger partial charge in [0.25, 0.3) is 0 Å². The number of allylic oxidation sites excluding steroid dienone is 3. The number of rotatable bonds is 0. The van der Waals surface area contributed by atoms with Gasteiger partial charge in [-0.25, -0.2) is 0 Å². The molecule has 0 spiro atoms. The Morgan fingerprint density at radius 1 is 1.05 bits per heavy atom. The summed E-state index contributed by atoms with van der Waals surface area (Å²) in [5, 5.41) is 0. The minimum Gasteiger partial charge on any atom is -0.0993 e.